The number of nitrogens with zero attached hydrogens (tertiary/aromatic N) is 3. The summed E-state index contributed by atoms with van der Waals surface area (Å²) in [5, 5.41) is 4.26. The van der Waals surface area contributed by atoms with Gasteiger partial charge in [-0.25, -0.2) is 0 Å². The van der Waals surface area contributed by atoms with E-state index in [-0.39, 0.29) is 18.9 Å². The first-order valence-electron chi connectivity index (χ1n) is 10.9. The minimum absolute atomic E-state index is 0. The Bertz CT molecular complexity index is 1530. The van der Waals surface area contributed by atoms with Crippen molar-refractivity contribution in [3.8, 4) is 5.75 Å². The fourth-order valence-corrected chi connectivity index (χ4v) is 5.26. The molecule has 7 nitrogen and oxygen atoms in total. The van der Waals surface area contributed by atoms with Crippen molar-refractivity contribution >= 4 is 38.2 Å². The molecule has 178 valence electrons. The fraction of sp³-hybridized carbons (Fsp3) is 0.185. The van der Waals surface area contributed by atoms with E-state index < -0.39 is 0 Å². The maximum atomic E-state index is 13.7. The molecule has 0 aliphatic carbocycles. The Balaban J connectivity index is 0.00000289. The van der Waals surface area contributed by atoms with Crippen LogP contribution in [0.4, 0.5) is 0 Å². The third-order valence-corrected chi connectivity index (χ3v) is 6.84. The van der Waals surface area contributed by atoms with Crippen LogP contribution in [0.25, 0.3) is 21.0 Å². The number of hydrogen-bond acceptors (Lipinski definition) is 6. The van der Waals surface area contributed by atoms with Gasteiger partial charge in [-0.3, -0.25) is 19.6 Å². The minimum atomic E-state index is -0.262. The van der Waals surface area contributed by atoms with Gasteiger partial charge in [-0.1, -0.05) is 37.8 Å². The molecule has 1 aromatic carbocycles. The smallest absolute Gasteiger partial charge is 0.265 e. The average Bonchev–Trinajstić information content (AvgIpc) is 3.28. The highest BCUT2D eigenvalue weighted by atomic mass is 32.1. The number of nitrogens with one attached hydrogen (secondary N) is 1. The molecule has 35 heavy (non-hydrogen) atoms. The molecule has 0 aliphatic rings. The molecule has 1 amide bonds. The van der Waals surface area contributed by atoms with Crippen molar-refractivity contribution < 1.29 is 9.53 Å². The van der Waals surface area contributed by atoms with E-state index >= 15 is 0 Å². The van der Waals surface area contributed by atoms with Gasteiger partial charge in [0.2, 0.25) is 0 Å². The maximum absolute atomic E-state index is 13.7. The van der Waals surface area contributed by atoms with E-state index in [9.17, 15) is 9.59 Å². The standard InChI is InChI=1S/C26H22N4O3S.CH4/c1-33-22-21-23(34-24(22)25(31)29-14-11-17-7-6-12-27-15-17)19-9-2-3-10-20(19)30(26(21)32)16-18-8-4-5-13-28-18;/h2-10,12-13,15H,11,14,16H2,1H3,(H,29,31);1H4. The lowest BCUT2D eigenvalue weighted by Gasteiger charge is -2.11. The number of hydrogen-bond donors (Lipinski definition) is 1. The van der Waals surface area contributed by atoms with Crippen LogP contribution in [0, 0.1) is 0 Å². The molecule has 0 atom stereocenters. The fourth-order valence-electron chi connectivity index (χ4n) is 4.05. The summed E-state index contributed by atoms with van der Waals surface area (Å²) in [6.45, 7) is 0.772. The predicted molar refractivity (Wildman–Crippen MR) is 140 cm³/mol. The summed E-state index contributed by atoms with van der Waals surface area (Å²) in [6.07, 6.45) is 5.87. The second-order valence-corrected chi connectivity index (χ2v) is 8.79. The number of benzene rings is 1. The number of ether oxygens (including phenoxy) is 1. The quantitative estimate of drug-likeness (QED) is 0.361. The molecule has 0 aliphatic heterocycles. The highest BCUT2D eigenvalue weighted by molar-refractivity contribution is 7.22. The van der Waals surface area contributed by atoms with Crippen LogP contribution in [0.1, 0.15) is 28.4 Å². The van der Waals surface area contributed by atoms with Crippen molar-refractivity contribution in [1.82, 2.24) is 19.9 Å². The van der Waals surface area contributed by atoms with E-state index in [1.807, 2.05) is 54.6 Å². The molecular formula is C27H26N4O3S. The number of pyridine rings is 3. The van der Waals surface area contributed by atoms with Gasteiger partial charge in [0.05, 0.1) is 29.6 Å². The molecule has 0 unspecified atom stereocenters. The molecule has 0 saturated heterocycles. The highest BCUT2D eigenvalue weighted by Crippen LogP contribution is 2.39. The number of carbonyl (C=O) groups is 1. The van der Waals surface area contributed by atoms with Crippen molar-refractivity contribution in [3.63, 3.8) is 0 Å². The van der Waals surface area contributed by atoms with Crippen molar-refractivity contribution in [1.29, 1.82) is 0 Å². The summed E-state index contributed by atoms with van der Waals surface area (Å²) >= 11 is 1.28. The van der Waals surface area contributed by atoms with E-state index in [0.29, 0.717) is 35.5 Å². The predicted octanol–water partition coefficient (Wildman–Crippen LogP) is 4.67. The molecule has 1 N–H and O–H groups in total. The van der Waals surface area contributed by atoms with Gasteiger partial charge in [0.25, 0.3) is 11.5 Å². The Morgan fingerprint density at radius 3 is 2.66 bits per heavy atom. The number of aromatic nitrogens is 3. The second-order valence-electron chi connectivity index (χ2n) is 7.77. The highest BCUT2D eigenvalue weighted by Gasteiger charge is 2.24. The zero-order valence-electron chi connectivity index (χ0n) is 18.5. The van der Waals surface area contributed by atoms with Gasteiger partial charge < -0.3 is 14.6 Å². The van der Waals surface area contributed by atoms with Crippen LogP contribution in [0.2, 0.25) is 0 Å². The number of thiophene rings is 1. The van der Waals surface area contributed by atoms with Crippen molar-refractivity contribution in [3.05, 3.63) is 99.7 Å². The van der Waals surface area contributed by atoms with E-state index in [0.717, 1.165) is 26.9 Å². The third-order valence-electron chi connectivity index (χ3n) is 5.64. The van der Waals surface area contributed by atoms with Gasteiger partial charge >= 0.3 is 0 Å². The van der Waals surface area contributed by atoms with E-state index in [4.69, 9.17) is 4.74 Å². The van der Waals surface area contributed by atoms with Crippen molar-refractivity contribution in [2.75, 3.05) is 13.7 Å². The third kappa shape index (κ3) is 4.65. The molecule has 0 spiro atoms. The van der Waals surface area contributed by atoms with Crippen LogP contribution in [0.5, 0.6) is 5.75 Å². The first kappa shape index (κ1) is 24.1. The van der Waals surface area contributed by atoms with Gasteiger partial charge in [-0.15, -0.1) is 11.3 Å². The molecule has 5 aromatic rings. The molecule has 4 aromatic heterocycles. The van der Waals surface area contributed by atoms with E-state index in [1.54, 1.807) is 23.2 Å². The minimum Gasteiger partial charge on any atom is -0.494 e. The van der Waals surface area contributed by atoms with Gasteiger partial charge in [0.15, 0.2) is 5.75 Å². The number of methoxy groups -OCH3 is 1. The van der Waals surface area contributed by atoms with Gasteiger partial charge in [-0.05, 0) is 36.2 Å². The van der Waals surface area contributed by atoms with Crippen LogP contribution >= 0.6 is 11.3 Å². The zero-order valence-corrected chi connectivity index (χ0v) is 19.3. The summed E-state index contributed by atoms with van der Waals surface area (Å²) in [7, 11) is 1.49. The first-order chi connectivity index (χ1) is 16.7. The van der Waals surface area contributed by atoms with Gasteiger partial charge in [0, 0.05) is 30.5 Å². The van der Waals surface area contributed by atoms with Gasteiger partial charge in [-0.2, -0.15) is 0 Å². The summed E-state index contributed by atoms with van der Waals surface area (Å²) in [5.74, 6) is 0.0473. The van der Waals surface area contributed by atoms with Gasteiger partial charge in [0.1, 0.15) is 10.3 Å². The summed E-state index contributed by atoms with van der Waals surface area (Å²) in [4.78, 5) is 35.6. The molecule has 4 heterocycles. The summed E-state index contributed by atoms with van der Waals surface area (Å²) in [5.41, 5.74) is 2.39. The lowest BCUT2D eigenvalue weighted by Crippen LogP contribution is -2.25. The number of para-hydroxylation sites is 1. The molecule has 0 bridgehead atoms. The van der Waals surface area contributed by atoms with Crippen molar-refractivity contribution in [2.45, 2.75) is 20.4 Å². The SMILES string of the molecule is C.COc1c(C(=O)NCCc2cccnc2)sc2c1c(=O)n(Cc1ccccn1)c1ccccc21. The largest absolute Gasteiger partial charge is 0.494 e. The van der Waals surface area contributed by atoms with Crippen molar-refractivity contribution in [2.24, 2.45) is 0 Å². The number of rotatable bonds is 7. The molecule has 5 rings (SSSR count). The van der Waals surface area contributed by atoms with E-state index in [2.05, 4.69) is 15.3 Å². The molecule has 0 saturated carbocycles. The Kier molecular flexibility index (Phi) is 7.22. The molecule has 0 radical (unpaired) electrons. The zero-order chi connectivity index (χ0) is 23.5. The summed E-state index contributed by atoms with van der Waals surface area (Å²) in [6, 6.07) is 17.2. The summed E-state index contributed by atoms with van der Waals surface area (Å²) < 4.78 is 8.07. The molecule has 0 fully saturated rings. The lowest BCUT2D eigenvalue weighted by atomic mass is 10.1. The number of amides is 1. The lowest BCUT2D eigenvalue weighted by molar-refractivity contribution is 0.0955. The number of carbonyl (C=O) groups excluding carboxylic acids is 1. The van der Waals surface area contributed by atoms with E-state index in [1.165, 1.54) is 18.4 Å². The normalized spacial score (nSPS) is 10.8. The molecular weight excluding hydrogens is 460 g/mol. The van der Waals surface area contributed by atoms with Crippen LogP contribution in [-0.2, 0) is 13.0 Å². The maximum Gasteiger partial charge on any atom is 0.265 e. The second kappa shape index (κ2) is 10.5. The Morgan fingerprint density at radius 2 is 1.91 bits per heavy atom. The Hall–Kier alpha value is -4.04. The topological polar surface area (TPSA) is 86.1 Å². The number of fused-ring (bicyclic) bond motifs is 3. The first-order valence-corrected chi connectivity index (χ1v) is 11.7. The van der Waals surface area contributed by atoms with Crippen LogP contribution in [-0.4, -0.2) is 34.1 Å². The Labute approximate surface area is 207 Å². The molecule has 8 heteroatoms. The monoisotopic (exact) mass is 486 g/mol. The van der Waals surface area contributed by atoms with Crippen LogP contribution in [0.3, 0.4) is 0 Å². The Morgan fingerprint density at radius 1 is 1.09 bits per heavy atom. The average molecular weight is 487 g/mol. The van der Waals surface area contributed by atoms with Crippen LogP contribution in [0.15, 0.2) is 78.0 Å². The van der Waals surface area contributed by atoms with Crippen LogP contribution < -0.4 is 15.6 Å².